The van der Waals surface area contributed by atoms with Crippen molar-refractivity contribution in [1.82, 2.24) is 9.55 Å². The normalized spacial score (nSPS) is 10.3. The summed E-state index contributed by atoms with van der Waals surface area (Å²) >= 11 is 0. The lowest BCUT2D eigenvalue weighted by Gasteiger charge is -2.02. The van der Waals surface area contributed by atoms with Gasteiger partial charge in [-0.15, -0.1) is 12.3 Å². The molecule has 2 heteroatoms. The zero-order valence-corrected chi connectivity index (χ0v) is 8.20. The summed E-state index contributed by atoms with van der Waals surface area (Å²) in [7, 11) is 0. The van der Waals surface area contributed by atoms with E-state index in [2.05, 4.69) is 21.5 Å². The molecule has 1 aromatic heterocycles. The van der Waals surface area contributed by atoms with Crippen LogP contribution in [0.1, 0.15) is 12.2 Å². The molecule has 0 saturated carbocycles. The highest BCUT2D eigenvalue weighted by Gasteiger charge is 2.04. The summed E-state index contributed by atoms with van der Waals surface area (Å²) in [6, 6.07) is 8.12. The molecule has 0 bridgehead atoms. The van der Waals surface area contributed by atoms with Crippen LogP contribution in [0.2, 0.25) is 0 Å². The van der Waals surface area contributed by atoms with Gasteiger partial charge in [0, 0.05) is 13.0 Å². The van der Waals surface area contributed by atoms with Gasteiger partial charge in [-0.05, 0) is 19.1 Å². The van der Waals surface area contributed by atoms with Crippen LogP contribution in [-0.4, -0.2) is 9.55 Å². The molecule has 0 N–H and O–H groups in total. The highest BCUT2D eigenvalue weighted by molar-refractivity contribution is 5.75. The van der Waals surface area contributed by atoms with Crippen LogP contribution in [0.4, 0.5) is 0 Å². The summed E-state index contributed by atoms with van der Waals surface area (Å²) in [6.07, 6.45) is 6.01. The van der Waals surface area contributed by atoms with E-state index in [0.29, 0.717) is 0 Å². The molecule has 2 rings (SSSR count). The molecule has 0 unspecified atom stereocenters. The number of terminal acetylenes is 1. The molecule has 1 aromatic carbocycles. The van der Waals surface area contributed by atoms with E-state index >= 15 is 0 Å². The van der Waals surface area contributed by atoms with Crippen molar-refractivity contribution in [3.05, 3.63) is 30.1 Å². The largest absolute Gasteiger partial charge is 0.327 e. The van der Waals surface area contributed by atoms with Gasteiger partial charge in [-0.25, -0.2) is 4.98 Å². The van der Waals surface area contributed by atoms with E-state index in [-0.39, 0.29) is 0 Å². The zero-order chi connectivity index (χ0) is 9.97. The Hall–Kier alpha value is -1.75. The van der Waals surface area contributed by atoms with Gasteiger partial charge in [-0.1, -0.05) is 12.1 Å². The average molecular weight is 184 g/mol. The van der Waals surface area contributed by atoms with Crippen LogP contribution in [0.15, 0.2) is 24.3 Å². The van der Waals surface area contributed by atoms with Crippen LogP contribution in [0, 0.1) is 19.3 Å². The summed E-state index contributed by atoms with van der Waals surface area (Å²) in [5.41, 5.74) is 2.21. The quantitative estimate of drug-likeness (QED) is 0.655. The first kappa shape index (κ1) is 8.83. The van der Waals surface area contributed by atoms with E-state index in [4.69, 9.17) is 6.42 Å². The van der Waals surface area contributed by atoms with E-state index < -0.39 is 0 Å². The van der Waals surface area contributed by atoms with E-state index in [1.54, 1.807) is 0 Å². The first-order valence-electron chi connectivity index (χ1n) is 4.68. The third-order valence-corrected chi connectivity index (χ3v) is 2.33. The predicted molar refractivity (Wildman–Crippen MR) is 57.9 cm³/mol. The summed E-state index contributed by atoms with van der Waals surface area (Å²) in [5.74, 6) is 3.68. The van der Waals surface area contributed by atoms with Crippen LogP contribution in [0.3, 0.4) is 0 Å². The minimum Gasteiger partial charge on any atom is -0.327 e. The van der Waals surface area contributed by atoms with Crippen molar-refractivity contribution in [2.45, 2.75) is 19.9 Å². The molecule has 0 spiro atoms. The van der Waals surface area contributed by atoms with Crippen LogP contribution < -0.4 is 0 Å². The number of rotatable bonds is 2. The van der Waals surface area contributed by atoms with Crippen molar-refractivity contribution in [1.29, 1.82) is 0 Å². The fraction of sp³-hybridized carbons (Fsp3) is 0.250. The summed E-state index contributed by atoms with van der Waals surface area (Å²) in [4.78, 5) is 4.46. The molecule has 1 heterocycles. The Labute approximate surface area is 83.6 Å². The SMILES string of the molecule is C#CCCn1c(C)nc2ccccc21. The standard InChI is InChI=1S/C12H12N2/c1-3-4-9-14-10(2)13-11-7-5-6-8-12(11)14/h1,5-8H,4,9H2,2H3. The smallest absolute Gasteiger partial charge is 0.106 e. The molecule has 0 aliphatic carbocycles. The molecule has 0 radical (unpaired) electrons. The molecule has 0 fully saturated rings. The molecule has 2 nitrogen and oxygen atoms in total. The molecule has 0 saturated heterocycles. The first-order valence-corrected chi connectivity index (χ1v) is 4.68. The number of imidazole rings is 1. The maximum Gasteiger partial charge on any atom is 0.106 e. The monoisotopic (exact) mass is 184 g/mol. The summed E-state index contributed by atoms with van der Waals surface area (Å²) < 4.78 is 2.16. The Kier molecular flexibility index (Phi) is 2.24. The van der Waals surface area contributed by atoms with Crippen molar-refractivity contribution in [3.8, 4) is 12.3 Å². The van der Waals surface area contributed by atoms with E-state index in [1.807, 2.05) is 25.1 Å². The molecule has 0 aliphatic heterocycles. The highest BCUT2D eigenvalue weighted by Crippen LogP contribution is 2.15. The van der Waals surface area contributed by atoms with Gasteiger partial charge in [-0.3, -0.25) is 0 Å². The van der Waals surface area contributed by atoms with Gasteiger partial charge >= 0.3 is 0 Å². The van der Waals surface area contributed by atoms with Gasteiger partial charge < -0.3 is 4.57 Å². The lowest BCUT2D eigenvalue weighted by molar-refractivity contribution is 0.714. The minimum atomic E-state index is 0.751. The van der Waals surface area contributed by atoms with Crippen molar-refractivity contribution >= 4 is 11.0 Å². The van der Waals surface area contributed by atoms with E-state index in [1.165, 1.54) is 5.52 Å². The first-order chi connectivity index (χ1) is 6.83. The topological polar surface area (TPSA) is 17.8 Å². The Morgan fingerprint density at radius 2 is 2.21 bits per heavy atom. The fourth-order valence-corrected chi connectivity index (χ4v) is 1.65. The number of nitrogens with zero attached hydrogens (tertiary/aromatic N) is 2. The lowest BCUT2D eigenvalue weighted by atomic mass is 10.3. The van der Waals surface area contributed by atoms with Gasteiger partial charge in [0.1, 0.15) is 5.82 Å². The molecule has 0 atom stereocenters. The number of benzene rings is 1. The van der Waals surface area contributed by atoms with Crippen LogP contribution in [0.5, 0.6) is 0 Å². The Bertz CT molecular complexity index is 488. The number of aryl methyl sites for hydroxylation is 2. The summed E-state index contributed by atoms with van der Waals surface area (Å²) in [6.45, 7) is 2.86. The summed E-state index contributed by atoms with van der Waals surface area (Å²) in [5, 5.41) is 0. The third-order valence-electron chi connectivity index (χ3n) is 2.33. The second kappa shape index (κ2) is 3.55. The zero-order valence-electron chi connectivity index (χ0n) is 8.20. The van der Waals surface area contributed by atoms with E-state index in [9.17, 15) is 0 Å². The number of aromatic nitrogens is 2. The van der Waals surface area contributed by atoms with Gasteiger partial charge in [0.15, 0.2) is 0 Å². The maximum atomic E-state index is 5.26. The minimum absolute atomic E-state index is 0.751. The Morgan fingerprint density at radius 1 is 1.43 bits per heavy atom. The highest BCUT2D eigenvalue weighted by atomic mass is 15.1. The van der Waals surface area contributed by atoms with Crippen molar-refractivity contribution in [2.24, 2.45) is 0 Å². The van der Waals surface area contributed by atoms with Crippen LogP contribution >= 0.6 is 0 Å². The molecule has 70 valence electrons. The van der Waals surface area contributed by atoms with Gasteiger partial charge in [0.25, 0.3) is 0 Å². The lowest BCUT2D eigenvalue weighted by Crippen LogP contribution is -1.99. The second-order valence-electron chi connectivity index (χ2n) is 3.25. The number of para-hydroxylation sites is 2. The predicted octanol–water partition coefficient (Wildman–Crippen LogP) is 2.37. The Balaban J connectivity index is 2.52. The molecule has 0 amide bonds. The van der Waals surface area contributed by atoms with Gasteiger partial charge in [0.05, 0.1) is 11.0 Å². The van der Waals surface area contributed by atoms with Crippen molar-refractivity contribution in [2.75, 3.05) is 0 Å². The van der Waals surface area contributed by atoms with Crippen LogP contribution in [-0.2, 0) is 6.54 Å². The average Bonchev–Trinajstić information content (AvgIpc) is 2.51. The number of fused-ring (bicyclic) bond motifs is 1. The second-order valence-corrected chi connectivity index (χ2v) is 3.25. The molecular formula is C12H12N2. The van der Waals surface area contributed by atoms with Crippen molar-refractivity contribution < 1.29 is 0 Å². The molecule has 0 aliphatic rings. The molecule has 14 heavy (non-hydrogen) atoms. The Morgan fingerprint density at radius 3 is 3.00 bits per heavy atom. The van der Waals surface area contributed by atoms with Crippen LogP contribution in [0.25, 0.3) is 11.0 Å². The molecule has 2 aromatic rings. The van der Waals surface area contributed by atoms with Gasteiger partial charge in [0.2, 0.25) is 0 Å². The number of hydrogen-bond acceptors (Lipinski definition) is 1. The van der Waals surface area contributed by atoms with Gasteiger partial charge in [-0.2, -0.15) is 0 Å². The molecular weight excluding hydrogens is 172 g/mol. The number of hydrogen-bond donors (Lipinski definition) is 0. The maximum absolute atomic E-state index is 5.26. The van der Waals surface area contributed by atoms with E-state index in [0.717, 1.165) is 24.3 Å². The fourth-order valence-electron chi connectivity index (χ4n) is 1.65. The van der Waals surface area contributed by atoms with Crippen molar-refractivity contribution in [3.63, 3.8) is 0 Å². The third kappa shape index (κ3) is 1.38.